The monoisotopic (exact) mass is 261 g/mol. The molecule has 0 amide bonds. The summed E-state index contributed by atoms with van der Waals surface area (Å²) in [6, 6.07) is 6.27. The van der Waals surface area contributed by atoms with Crippen molar-refractivity contribution in [2.75, 3.05) is 13.7 Å². The van der Waals surface area contributed by atoms with Crippen LogP contribution < -0.4 is 4.74 Å². The van der Waals surface area contributed by atoms with Crippen molar-refractivity contribution in [3.05, 3.63) is 29.3 Å². The number of isocyanates is 1. The summed E-state index contributed by atoms with van der Waals surface area (Å²) < 4.78 is 5.45. The Morgan fingerprint density at radius 2 is 1.95 bits per heavy atom. The summed E-state index contributed by atoms with van der Waals surface area (Å²) in [7, 11) is 1.67. The first-order valence-electron chi connectivity index (χ1n) is 6.72. The smallest absolute Gasteiger partial charge is 0.234 e. The van der Waals surface area contributed by atoms with E-state index in [1.165, 1.54) is 5.56 Å². The molecule has 1 rings (SSSR count). The Kier molecular flexibility index (Phi) is 5.78. The zero-order valence-corrected chi connectivity index (χ0v) is 12.4. The lowest BCUT2D eigenvalue weighted by Crippen LogP contribution is -2.12. The van der Waals surface area contributed by atoms with Crippen LogP contribution in [-0.2, 0) is 4.79 Å². The second-order valence-electron chi connectivity index (χ2n) is 5.44. The molecule has 19 heavy (non-hydrogen) atoms. The number of benzene rings is 1. The van der Waals surface area contributed by atoms with Crippen LogP contribution in [0.1, 0.15) is 50.7 Å². The normalized spacial score (nSPS) is 12.4. The van der Waals surface area contributed by atoms with Gasteiger partial charge in [0.15, 0.2) is 0 Å². The highest BCUT2D eigenvalue weighted by molar-refractivity contribution is 5.42. The van der Waals surface area contributed by atoms with Gasteiger partial charge in [-0.05, 0) is 29.0 Å². The summed E-state index contributed by atoms with van der Waals surface area (Å²) in [5.41, 5.74) is 2.40. The Labute approximate surface area is 115 Å². The molecule has 0 saturated heterocycles. The quantitative estimate of drug-likeness (QED) is 0.575. The predicted octanol–water partition coefficient (Wildman–Crippen LogP) is 3.89. The second kappa shape index (κ2) is 7.10. The van der Waals surface area contributed by atoms with E-state index in [-0.39, 0.29) is 5.92 Å². The molecule has 0 fully saturated rings. The summed E-state index contributed by atoms with van der Waals surface area (Å²) in [6.07, 6.45) is 1.63. The van der Waals surface area contributed by atoms with Crippen molar-refractivity contribution in [2.24, 2.45) is 10.9 Å². The molecule has 3 nitrogen and oxygen atoms in total. The molecular formula is C16H23NO2. The lowest BCUT2D eigenvalue weighted by Gasteiger charge is -2.22. The lowest BCUT2D eigenvalue weighted by molar-refractivity contribution is 0.395. The number of carbonyl (C=O) groups excluding carboxylic acids is 1. The molecular weight excluding hydrogens is 238 g/mol. The van der Waals surface area contributed by atoms with E-state index in [0.717, 1.165) is 11.3 Å². The summed E-state index contributed by atoms with van der Waals surface area (Å²) >= 11 is 0. The molecule has 1 atom stereocenters. The van der Waals surface area contributed by atoms with E-state index >= 15 is 0 Å². The van der Waals surface area contributed by atoms with Gasteiger partial charge < -0.3 is 4.74 Å². The molecule has 0 aliphatic rings. The topological polar surface area (TPSA) is 38.7 Å². The fourth-order valence-corrected chi connectivity index (χ4v) is 2.21. The fraction of sp³-hybridized carbons (Fsp3) is 0.562. The van der Waals surface area contributed by atoms with Crippen molar-refractivity contribution in [3.63, 3.8) is 0 Å². The number of methoxy groups -OCH3 is 1. The molecule has 0 bridgehead atoms. The minimum atomic E-state index is 0.176. The number of hydrogen-bond acceptors (Lipinski definition) is 3. The first kappa shape index (κ1) is 15.5. The van der Waals surface area contributed by atoms with E-state index in [1.807, 2.05) is 6.07 Å². The van der Waals surface area contributed by atoms with Crippen LogP contribution in [0.3, 0.4) is 0 Å². The lowest BCUT2D eigenvalue weighted by atomic mass is 9.86. The van der Waals surface area contributed by atoms with Gasteiger partial charge in [0.1, 0.15) is 5.75 Å². The summed E-state index contributed by atoms with van der Waals surface area (Å²) in [6.45, 7) is 9.05. The number of nitrogens with zero attached hydrogens (tertiary/aromatic N) is 1. The predicted molar refractivity (Wildman–Crippen MR) is 77.7 cm³/mol. The van der Waals surface area contributed by atoms with Crippen molar-refractivity contribution >= 4 is 6.08 Å². The van der Waals surface area contributed by atoms with Gasteiger partial charge >= 0.3 is 0 Å². The summed E-state index contributed by atoms with van der Waals surface area (Å²) in [5, 5.41) is 0. The molecule has 3 heteroatoms. The number of rotatable bonds is 6. The van der Waals surface area contributed by atoms with Crippen LogP contribution in [0.25, 0.3) is 0 Å². The third-order valence-corrected chi connectivity index (χ3v) is 3.48. The molecule has 104 valence electrons. The van der Waals surface area contributed by atoms with E-state index in [4.69, 9.17) is 4.74 Å². The third-order valence-electron chi connectivity index (χ3n) is 3.48. The minimum Gasteiger partial charge on any atom is -0.496 e. The minimum absolute atomic E-state index is 0.176. The molecule has 0 aliphatic heterocycles. The van der Waals surface area contributed by atoms with Crippen LogP contribution in [-0.4, -0.2) is 19.7 Å². The molecule has 0 saturated carbocycles. The Bertz CT molecular complexity index is 460. The Morgan fingerprint density at radius 3 is 2.42 bits per heavy atom. The highest BCUT2D eigenvalue weighted by atomic mass is 16.5. The van der Waals surface area contributed by atoms with Crippen molar-refractivity contribution < 1.29 is 9.53 Å². The maximum atomic E-state index is 10.4. The largest absolute Gasteiger partial charge is 0.496 e. The van der Waals surface area contributed by atoms with Crippen molar-refractivity contribution in [3.8, 4) is 5.75 Å². The molecule has 1 aromatic carbocycles. The van der Waals surface area contributed by atoms with E-state index in [0.29, 0.717) is 18.4 Å². The average Bonchev–Trinajstić information content (AvgIpc) is 2.38. The Morgan fingerprint density at radius 1 is 1.26 bits per heavy atom. The van der Waals surface area contributed by atoms with Crippen molar-refractivity contribution in [1.82, 2.24) is 0 Å². The first-order chi connectivity index (χ1) is 9.01. The Hall–Kier alpha value is -1.60. The molecule has 0 radical (unpaired) electrons. The van der Waals surface area contributed by atoms with Gasteiger partial charge in [-0.25, -0.2) is 9.79 Å². The maximum absolute atomic E-state index is 10.4. The van der Waals surface area contributed by atoms with Gasteiger partial charge in [-0.15, -0.1) is 0 Å². The van der Waals surface area contributed by atoms with Crippen LogP contribution >= 0.6 is 0 Å². The number of ether oxygens (including phenoxy) is 1. The van der Waals surface area contributed by atoms with Gasteiger partial charge in [-0.3, -0.25) is 0 Å². The van der Waals surface area contributed by atoms with Crippen LogP contribution in [0, 0.1) is 5.92 Å². The SMILES string of the molecule is COc1ccc(C(C)C)cc1C(CN=C=O)C(C)C. The molecule has 0 aliphatic carbocycles. The zero-order valence-electron chi connectivity index (χ0n) is 12.4. The molecule has 0 heterocycles. The Balaban J connectivity index is 3.24. The van der Waals surface area contributed by atoms with Crippen molar-refractivity contribution in [1.29, 1.82) is 0 Å². The van der Waals surface area contributed by atoms with Gasteiger partial charge in [-0.1, -0.05) is 39.8 Å². The highest BCUT2D eigenvalue weighted by Crippen LogP contribution is 2.34. The summed E-state index contributed by atoms with van der Waals surface area (Å²) in [5.74, 6) is 1.89. The van der Waals surface area contributed by atoms with Crippen LogP contribution in [0.2, 0.25) is 0 Å². The van der Waals surface area contributed by atoms with E-state index < -0.39 is 0 Å². The molecule has 0 N–H and O–H groups in total. The number of hydrogen-bond donors (Lipinski definition) is 0. The summed E-state index contributed by atoms with van der Waals surface area (Å²) in [4.78, 5) is 14.1. The van der Waals surface area contributed by atoms with E-state index in [1.54, 1.807) is 13.2 Å². The average molecular weight is 261 g/mol. The highest BCUT2D eigenvalue weighted by Gasteiger charge is 2.20. The van der Waals surface area contributed by atoms with Crippen LogP contribution in [0.4, 0.5) is 0 Å². The van der Waals surface area contributed by atoms with Crippen LogP contribution in [0.5, 0.6) is 5.75 Å². The fourth-order valence-electron chi connectivity index (χ4n) is 2.21. The molecule has 1 aromatic rings. The van der Waals surface area contributed by atoms with Gasteiger partial charge in [0.2, 0.25) is 6.08 Å². The van der Waals surface area contributed by atoms with Crippen molar-refractivity contribution in [2.45, 2.75) is 39.5 Å². The van der Waals surface area contributed by atoms with E-state index in [2.05, 4.69) is 44.8 Å². The molecule has 1 unspecified atom stereocenters. The standard InChI is InChI=1S/C16H23NO2/c1-11(2)13-6-7-16(19-5)14(8-13)15(12(3)4)9-17-10-18/h6-8,11-12,15H,9H2,1-5H3. The van der Waals surface area contributed by atoms with Crippen LogP contribution in [0.15, 0.2) is 23.2 Å². The van der Waals surface area contributed by atoms with E-state index in [9.17, 15) is 4.79 Å². The van der Waals surface area contributed by atoms with Gasteiger partial charge in [0, 0.05) is 5.92 Å². The zero-order chi connectivity index (χ0) is 14.4. The molecule has 0 aromatic heterocycles. The third kappa shape index (κ3) is 3.93. The van der Waals surface area contributed by atoms with Gasteiger partial charge in [-0.2, -0.15) is 0 Å². The number of aliphatic imine (C=N–C) groups is 1. The van der Waals surface area contributed by atoms with Gasteiger partial charge in [0.25, 0.3) is 0 Å². The van der Waals surface area contributed by atoms with Gasteiger partial charge in [0.05, 0.1) is 13.7 Å². The second-order valence-corrected chi connectivity index (χ2v) is 5.44. The molecule has 0 spiro atoms. The first-order valence-corrected chi connectivity index (χ1v) is 6.72. The maximum Gasteiger partial charge on any atom is 0.234 e.